The third-order valence-electron chi connectivity index (χ3n) is 4.10. The summed E-state index contributed by atoms with van der Waals surface area (Å²) in [5.41, 5.74) is 1.32. The highest BCUT2D eigenvalue weighted by molar-refractivity contribution is 7.99. The van der Waals surface area contributed by atoms with Gasteiger partial charge in [0.1, 0.15) is 5.75 Å². The highest BCUT2D eigenvalue weighted by Crippen LogP contribution is 2.17. The molecule has 1 aromatic carbocycles. The number of amides is 1. The lowest BCUT2D eigenvalue weighted by molar-refractivity contribution is -0.118. The highest BCUT2D eigenvalue weighted by atomic mass is 32.2. The van der Waals surface area contributed by atoms with Gasteiger partial charge < -0.3 is 10.1 Å². The van der Waals surface area contributed by atoms with Crippen LogP contribution in [0.2, 0.25) is 0 Å². The maximum Gasteiger partial charge on any atom is 0.229 e. The van der Waals surface area contributed by atoms with Gasteiger partial charge in [0.2, 0.25) is 5.91 Å². The first-order valence-electron chi connectivity index (χ1n) is 9.06. The van der Waals surface area contributed by atoms with Gasteiger partial charge in [-0.25, -0.2) is 0 Å². The molecule has 2 rings (SSSR count). The molecule has 5 heteroatoms. The van der Waals surface area contributed by atoms with Gasteiger partial charge in [0, 0.05) is 13.1 Å². The summed E-state index contributed by atoms with van der Waals surface area (Å²) < 4.78 is 5.82. The van der Waals surface area contributed by atoms with Gasteiger partial charge in [-0.1, -0.05) is 25.5 Å². The molecule has 1 amide bonds. The number of ether oxygens (including phenoxy) is 1. The number of thioether (sulfide) groups is 1. The average molecular weight is 351 g/mol. The molecule has 1 aliphatic heterocycles. The second-order valence-electron chi connectivity index (χ2n) is 6.17. The second-order valence-corrected chi connectivity index (χ2v) is 7.45. The molecule has 0 aromatic heterocycles. The van der Waals surface area contributed by atoms with Crippen LogP contribution < -0.4 is 10.1 Å². The van der Waals surface area contributed by atoms with Gasteiger partial charge in [-0.05, 0) is 55.8 Å². The zero-order valence-corrected chi connectivity index (χ0v) is 15.6. The summed E-state index contributed by atoms with van der Waals surface area (Å²) in [5.74, 6) is 2.57. The zero-order chi connectivity index (χ0) is 17.0. The van der Waals surface area contributed by atoms with Crippen LogP contribution in [0.15, 0.2) is 24.3 Å². The second kappa shape index (κ2) is 11.4. The van der Waals surface area contributed by atoms with Crippen molar-refractivity contribution in [3.63, 3.8) is 0 Å². The van der Waals surface area contributed by atoms with Crippen molar-refractivity contribution in [1.29, 1.82) is 0 Å². The van der Waals surface area contributed by atoms with Gasteiger partial charge in [0.15, 0.2) is 0 Å². The molecule has 1 aromatic rings. The molecule has 0 aliphatic carbocycles. The first-order valence-corrected chi connectivity index (χ1v) is 10.2. The largest absolute Gasteiger partial charge is 0.494 e. The van der Waals surface area contributed by atoms with Crippen molar-refractivity contribution in [2.24, 2.45) is 0 Å². The smallest absolute Gasteiger partial charge is 0.229 e. The standard InChI is InChI=1S/C19H30N2O2S/c1-2-24-16-19(22)20-10-7-13-23-18-9-6-8-17(14-18)15-21-11-4-3-5-12-21/h6,8-9,14H,2-5,7,10-13,15-16H2,1H3,(H,20,22). The van der Waals surface area contributed by atoms with Gasteiger partial charge in [-0.3, -0.25) is 9.69 Å². The first kappa shape index (κ1) is 19.1. The Morgan fingerprint density at radius 2 is 2.12 bits per heavy atom. The van der Waals surface area contributed by atoms with E-state index in [-0.39, 0.29) is 5.91 Å². The molecule has 1 N–H and O–H groups in total. The Balaban J connectivity index is 1.64. The van der Waals surface area contributed by atoms with E-state index in [1.54, 1.807) is 11.8 Å². The van der Waals surface area contributed by atoms with Crippen LogP contribution in [0.4, 0.5) is 0 Å². The molecule has 0 unspecified atom stereocenters. The molecule has 4 nitrogen and oxygen atoms in total. The van der Waals surface area contributed by atoms with Crippen LogP contribution >= 0.6 is 11.8 Å². The number of piperidine rings is 1. The minimum Gasteiger partial charge on any atom is -0.494 e. The Hall–Kier alpha value is -1.20. The number of hydrogen-bond acceptors (Lipinski definition) is 4. The Bertz CT molecular complexity index is 490. The van der Waals surface area contributed by atoms with E-state index in [9.17, 15) is 4.79 Å². The van der Waals surface area contributed by atoms with Crippen LogP contribution in [-0.2, 0) is 11.3 Å². The molecule has 0 atom stereocenters. The normalized spacial score (nSPS) is 15.2. The van der Waals surface area contributed by atoms with Crippen LogP contribution in [0, 0.1) is 0 Å². The van der Waals surface area contributed by atoms with E-state index in [2.05, 4.69) is 35.3 Å². The fourth-order valence-electron chi connectivity index (χ4n) is 2.85. The van der Waals surface area contributed by atoms with Crippen LogP contribution in [0.3, 0.4) is 0 Å². The summed E-state index contributed by atoms with van der Waals surface area (Å²) in [7, 11) is 0. The summed E-state index contributed by atoms with van der Waals surface area (Å²) in [6.45, 7) is 6.81. The summed E-state index contributed by atoms with van der Waals surface area (Å²) in [4.78, 5) is 14.0. The number of carbonyl (C=O) groups is 1. The van der Waals surface area contributed by atoms with Crippen molar-refractivity contribution in [1.82, 2.24) is 10.2 Å². The number of nitrogens with zero attached hydrogens (tertiary/aromatic N) is 1. The van der Waals surface area contributed by atoms with E-state index in [0.29, 0.717) is 18.9 Å². The summed E-state index contributed by atoms with van der Waals surface area (Å²) in [6, 6.07) is 8.40. The minimum atomic E-state index is 0.116. The lowest BCUT2D eigenvalue weighted by Gasteiger charge is -2.26. The van der Waals surface area contributed by atoms with Crippen molar-refractivity contribution in [2.75, 3.05) is 37.7 Å². The molecule has 134 valence electrons. The Morgan fingerprint density at radius 3 is 2.92 bits per heavy atom. The van der Waals surface area contributed by atoms with E-state index < -0.39 is 0 Å². The average Bonchev–Trinajstić information content (AvgIpc) is 2.61. The number of nitrogens with one attached hydrogen (secondary N) is 1. The van der Waals surface area contributed by atoms with E-state index in [1.165, 1.54) is 37.9 Å². The predicted molar refractivity (Wildman–Crippen MR) is 102 cm³/mol. The quantitative estimate of drug-likeness (QED) is 0.657. The molecule has 1 heterocycles. The van der Waals surface area contributed by atoms with Crippen molar-refractivity contribution in [2.45, 2.75) is 39.2 Å². The zero-order valence-electron chi connectivity index (χ0n) is 14.8. The Morgan fingerprint density at radius 1 is 1.29 bits per heavy atom. The van der Waals surface area contributed by atoms with Crippen molar-refractivity contribution in [3.05, 3.63) is 29.8 Å². The molecular weight excluding hydrogens is 320 g/mol. The summed E-state index contributed by atoms with van der Waals surface area (Å²) in [6.07, 6.45) is 4.84. The fourth-order valence-corrected chi connectivity index (χ4v) is 3.34. The molecule has 0 bridgehead atoms. The topological polar surface area (TPSA) is 41.6 Å². The molecule has 1 aliphatic rings. The monoisotopic (exact) mass is 350 g/mol. The van der Waals surface area contributed by atoms with Gasteiger partial charge in [-0.15, -0.1) is 0 Å². The lowest BCUT2D eigenvalue weighted by atomic mass is 10.1. The van der Waals surface area contributed by atoms with E-state index >= 15 is 0 Å². The number of rotatable bonds is 10. The number of likely N-dealkylation sites (tertiary alicyclic amines) is 1. The van der Waals surface area contributed by atoms with E-state index in [0.717, 1.165) is 24.5 Å². The van der Waals surface area contributed by atoms with Crippen molar-refractivity contribution < 1.29 is 9.53 Å². The predicted octanol–water partition coefficient (Wildman–Crippen LogP) is 3.31. The van der Waals surface area contributed by atoms with Gasteiger partial charge >= 0.3 is 0 Å². The molecule has 1 fully saturated rings. The summed E-state index contributed by atoms with van der Waals surface area (Å²) in [5, 5.41) is 2.92. The van der Waals surface area contributed by atoms with Crippen LogP contribution in [0.5, 0.6) is 5.75 Å². The number of hydrogen-bond donors (Lipinski definition) is 1. The SMILES string of the molecule is CCSCC(=O)NCCCOc1cccc(CN2CCCCC2)c1. The molecule has 0 spiro atoms. The molecule has 0 saturated carbocycles. The van der Waals surface area contributed by atoms with Crippen molar-refractivity contribution >= 4 is 17.7 Å². The molecule has 0 radical (unpaired) electrons. The maximum atomic E-state index is 11.5. The van der Waals surface area contributed by atoms with Crippen LogP contribution in [-0.4, -0.2) is 48.6 Å². The minimum absolute atomic E-state index is 0.116. The Labute approximate surface area is 150 Å². The third-order valence-corrected chi connectivity index (χ3v) is 4.98. The van der Waals surface area contributed by atoms with Gasteiger partial charge in [0.05, 0.1) is 12.4 Å². The first-order chi connectivity index (χ1) is 11.8. The Kier molecular flexibility index (Phi) is 9.06. The highest BCUT2D eigenvalue weighted by Gasteiger charge is 2.10. The summed E-state index contributed by atoms with van der Waals surface area (Å²) >= 11 is 1.65. The van der Waals surface area contributed by atoms with E-state index in [4.69, 9.17) is 4.74 Å². The van der Waals surface area contributed by atoms with E-state index in [1.807, 2.05) is 6.07 Å². The fraction of sp³-hybridized carbons (Fsp3) is 0.632. The molecular formula is C19H30N2O2S. The lowest BCUT2D eigenvalue weighted by Crippen LogP contribution is -2.29. The number of carbonyl (C=O) groups excluding carboxylic acids is 1. The number of benzene rings is 1. The third kappa shape index (κ3) is 7.58. The molecule has 1 saturated heterocycles. The molecule has 24 heavy (non-hydrogen) atoms. The maximum absolute atomic E-state index is 11.5. The van der Waals surface area contributed by atoms with Gasteiger partial charge in [0.25, 0.3) is 0 Å². The van der Waals surface area contributed by atoms with Crippen LogP contribution in [0.25, 0.3) is 0 Å². The van der Waals surface area contributed by atoms with Crippen molar-refractivity contribution in [3.8, 4) is 5.75 Å². The van der Waals surface area contributed by atoms with Crippen LogP contribution in [0.1, 0.15) is 38.2 Å². The van der Waals surface area contributed by atoms with Gasteiger partial charge in [-0.2, -0.15) is 11.8 Å².